The third kappa shape index (κ3) is 3.46. The Balaban J connectivity index is 2.86. The highest BCUT2D eigenvalue weighted by atomic mass is 16.4. The number of carboxylic acids is 1. The van der Waals surface area contributed by atoms with Crippen LogP contribution in [0.4, 0.5) is 4.79 Å². The number of amides is 4. The van der Waals surface area contributed by atoms with Crippen LogP contribution in [0, 0.1) is 5.41 Å². The Morgan fingerprint density at radius 3 is 2.40 bits per heavy atom. The van der Waals surface area contributed by atoms with E-state index in [1.807, 2.05) is 0 Å². The summed E-state index contributed by atoms with van der Waals surface area (Å²) < 4.78 is 0. The van der Waals surface area contributed by atoms with Gasteiger partial charge in [0.25, 0.3) is 0 Å². The number of aliphatic carboxylic acids is 1. The number of carboxylic acid groups (broad SMARTS) is 1. The summed E-state index contributed by atoms with van der Waals surface area (Å²) in [6.07, 6.45) is 0. The molecule has 1 saturated heterocycles. The summed E-state index contributed by atoms with van der Waals surface area (Å²) in [4.78, 5) is 47.0. The van der Waals surface area contributed by atoms with Gasteiger partial charge < -0.3 is 15.3 Å². The number of carbonyl (C=O) groups excluding carboxylic acids is 3. The zero-order chi connectivity index (χ0) is 15.7. The standard InChI is InChI=1S/C12H19N3O5/c1-6-9(17)13-7(16)5-15(6)11(20)14-8(10(18)19)12(2,3)4/h6,8H,5H2,1-4H3,(H,14,20)(H,18,19)(H,13,16,17). The van der Waals surface area contributed by atoms with Crippen molar-refractivity contribution in [2.24, 2.45) is 5.41 Å². The van der Waals surface area contributed by atoms with Gasteiger partial charge >= 0.3 is 12.0 Å². The first-order valence-electron chi connectivity index (χ1n) is 6.17. The SMILES string of the molecule is CC1C(=O)NC(=O)CN1C(=O)NC(C(=O)O)C(C)(C)C. The molecule has 0 bridgehead atoms. The van der Waals surface area contributed by atoms with E-state index >= 15 is 0 Å². The van der Waals surface area contributed by atoms with Crippen molar-refractivity contribution in [3.05, 3.63) is 0 Å². The van der Waals surface area contributed by atoms with Crippen LogP contribution in [0.5, 0.6) is 0 Å². The summed E-state index contributed by atoms with van der Waals surface area (Å²) in [5, 5.41) is 13.6. The van der Waals surface area contributed by atoms with E-state index in [0.29, 0.717) is 0 Å². The molecule has 1 fully saturated rings. The number of nitrogens with zero attached hydrogens (tertiary/aromatic N) is 1. The van der Waals surface area contributed by atoms with Crippen molar-refractivity contribution in [3.63, 3.8) is 0 Å². The lowest BCUT2D eigenvalue weighted by Gasteiger charge is -2.35. The van der Waals surface area contributed by atoms with Crippen molar-refractivity contribution < 1.29 is 24.3 Å². The molecule has 0 aliphatic carbocycles. The fraction of sp³-hybridized carbons (Fsp3) is 0.667. The minimum absolute atomic E-state index is 0.283. The van der Waals surface area contributed by atoms with Crippen molar-refractivity contribution in [2.75, 3.05) is 6.54 Å². The number of piperazine rings is 1. The van der Waals surface area contributed by atoms with E-state index < -0.39 is 41.3 Å². The Labute approximate surface area is 116 Å². The Morgan fingerprint density at radius 1 is 1.40 bits per heavy atom. The molecule has 8 heteroatoms. The molecular formula is C12H19N3O5. The van der Waals surface area contributed by atoms with Crippen molar-refractivity contribution in [3.8, 4) is 0 Å². The molecule has 1 rings (SSSR count). The highest BCUT2D eigenvalue weighted by molar-refractivity contribution is 6.04. The van der Waals surface area contributed by atoms with Gasteiger partial charge in [0.05, 0.1) is 0 Å². The average Bonchev–Trinajstić information content (AvgIpc) is 2.28. The maximum atomic E-state index is 12.1. The maximum Gasteiger partial charge on any atom is 0.326 e. The third-order valence-corrected chi connectivity index (χ3v) is 3.07. The largest absolute Gasteiger partial charge is 0.480 e. The summed E-state index contributed by atoms with van der Waals surface area (Å²) in [6, 6.07) is -2.70. The molecule has 1 heterocycles. The van der Waals surface area contributed by atoms with Gasteiger partial charge in [0, 0.05) is 0 Å². The quantitative estimate of drug-likeness (QED) is 0.594. The summed E-state index contributed by atoms with van der Waals surface area (Å²) in [6.45, 7) is 6.19. The van der Waals surface area contributed by atoms with Gasteiger partial charge in [-0.05, 0) is 12.3 Å². The lowest BCUT2D eigenvalue weighted by Crippen LogP contribution is -2.63. The summed E-state index contributed by atoms with van der Waals surface area (Å²) in [5.41, 5.74) is -0.702. The smallest absolute Gasteiger partial charge is 0.326 e. The van der Waals surface area contributed by atoms with E-state index in [-0.39, 0.29) is 6.54 Å². The monoisotopic (exact) mass is 285 g/mol. The van der Waals surface area contributed by atoms with E-state index in [9.17, 15) is 19.2 Å². The van der Waals surface area contributed by atoms with Crippen LogP contribution >= 0.6 is 0 Å². The molecule has 0 aromatic heterocycles. The Hall–Kier alpha value is -2.12. The minimum atomic E-state index is -1.17. The number of rotatable bonds is 2. The molecular weight excluding hydrogens is 266 g/mol. The lowest BCUT2D eigenvalue weighted by molar-refractivity contribution is -0.142. The first kappa shape index (κ1) is 15.9. The van der Waals surface area contributed by atoms with Crippen LogP contribution in [-0.4, -0.2) is 52.4 Å². The van der Waals surface area contributed by atoms with Crippen LogP contribution in [0.15, 0.2) is 0 Å². The molecule has 0 saturated carbocycles. The number of hydrogen-bond acceptors (Lipinski definition) is 4. The Bertz CT molecular complexity index is 454. The van der Waals surface area contributed by atoms with E-state index in [2.05, 4.69) is 10.6 Å². The fourth-order valence-corrected chi connectivity index (χ4v) is 1.82. The number of imide groups is 1. The summed E-state index contributed by atoms with van der Waals surface area (Å²) >= 11 is 0. The molecule has 2 unspecified atom stereocenters. The van der Waals surface area contributed by atoms with Crippen LogP contribution < -0.4 is 10.6 Å². The molecule has 1 aliphatic heterocycles. The molecule has 0 radical (unpaired) electrons. The second-order valence-corrected chi connectivity index (χ2v) is 5.80. The van der Waals surface area contributed by atoms with Crippen molar-refractivity contribution >= 4 is 23.8 Å². The van der Waals surface area contributed by atoms with E-state index in [4.69, 9.17) is 5.11 Å². The lowest BCUT2D eigenvalue weighted by atomic mass is 9.87. The van der Waals surface area contributed by atoms with Gasteiger partial charge in [-0.1, -0.05) is 20.8 Å². The van der Waals surface area contributed by atoms with Crippen LogP contribution in [0.3, 0.4) is 0 Å². The van der Waals surface area contributed by atoms with Gasteiger partial charge in [-0.2, -0.15) is 0 Å². The van der Waals surface area contributed by atoms with Crippen molar-refractivity contribution in [2.45, 2.75) is 39.8 Å². The van der Waals surface area contributed by atoms with Crippen molar-refractivity contribution in [1.82, 2.24) is 15.5 Å². The topological polar surface area (TPSA) is 116 Å². The number of nitrogens with one attached hydrogen (secondary N) is 2. The van der Waals surface area contributed by atoms with Gasteiger partial charge in [0.1, 0.15) is 18.6 Å². The van der Waals surface area contributed by atoms with Crippen LogP contribution in [0.2, 0.25) is 0 Å². The van der Waals surface area contributed by atoms with E-state index in [1.54, 1.807) is 20.8 Å². The third-order valence-electron chi connectivity index (χ3n) is 3.07. The Morgan fingerprint density at radius 2 is 1.95 bits per heavy atom. The first-order chi connectivity index (χ1) is 9.04. The molecule has 3 N–H and O–H groups in total. The van der Waals surface area contributed by atoms with Gasteiger partial charge in [-0.25, -0.2) is 9.59 Å². The molecule has 0 spiro atoms. The molecule has 4 amide bonds. The second-order valence-electron chi connectivity index (χ2n) is 5.80. The fourth-order valence-electron chi connectivity index (χ4n) is 1.82. The van der Waals surface area contributed by atoms with Crippen molar-refractivity contribution in [1.29, 1.82) is 0 Å². The molecule has 0 aromatic carbocycles. The Kier molecular flexibility index (Phi) is 4.36. The first-order valence-corrected chi connectivity index (χ1v) is 6.17. The van der Waals surface area contributed by atoms with Gasteiger partial charge in [0.2, 0.25) is 11.8 Å². The molecule has 0 aromatic rings. The molecule has 1 aliphatic rings. The summed E-state index contributed by atoms with van der Waals surface area (Å²) in [7, 11) is 0. The zero-order valence-corrected chi connectivity index (χ0v) is 11.9. The van der Waals surface area contributed by atoms with Crippen LogP contribution in [-0.2, 0) is 14.4 Å². The van der Waals surface area contributed by atoms with Crippen LogP contribution in [0.1, 0.15) is 27.7 Å². The minimum Gasteiger partial charge on any atom is -0.480 e. The van der Waals surface area contributed by atoms with E-state index in [0.717, 1.165) is 4.90 Å². The van der Waals surface area contributed by atoms with Gasteiger partial charge in [0.15, 0.2) is 0 Å². The molecule has 2 atom stereocenters. The van der Waals surface area contributed by atoms with E-state index in [1.165, 1.54) is 6.92 Å². The maximum absolute atomic E-state index is 12.1. The number of urea groups is 1. The molecule has 112 valence electrons. The molecule has 20 heavy (non-hydrogen) atoms. The normalized spacial score (nSPS) is 21.2. The predicted molar refractivity (Wildman–Crippen MR) is 68.7 cm³/mol. The van der Waals surface area contributed by atoms with Crippen LogP contribution in [0.25, 0.3) is 0 Å². The second kappa shape index (κ2) is 5.48. The highest BCUT2D eigenvalue weighted by Gasteiger charge is 2.38. The molecule has 8 nitrogen and oxygen atoms in total. The zero-order valence-electron chi connectivity index (χ0n) is 11.9. The van der Waals surface area contributed by atoms with Gasteiger partial charge in [-0.15, -0.1) is 0 Å². The summed E-state index contributed by atoms with van der Waals surface area (Å²) in [5.74, 6) is -2.35. The number of hydrogen-bond donors (Lipinski definition) is 3. The number of carbonyl (C=O) groups is 4. The van der Waals surface area contributed by atoms with Gasteiger partial charge in [-0.3, -0.25) is 14.9 Å². The predicted octanol–water partition coefficient (Wildman–Crippen LogP) is -0.458. The average molecular weight is 285 g/mol. The highest BCUT2D eigenvalue weighted by Crippen LogP contribution is 2.20.